The van der Waals surface area contributed by atoms with Gasteiger partial charge in [0.25, 0.3) is 11.7 Å². The highest BCUT2D eigenvalue weighted by atomic mass is 16.5. The maximum atomic E-state index is 13.3. The first-order valence-electron chi connectivity index (χ1n) is 11.7. The summed E-state index contributed by atoms with van der Waals surface area (Å²) in [5, 5.41) is 11.4. The predicted octanol–water partition coefficient (Wildman–Crippen LogP) is 3.40. The zero-order valence-electron chi connectivity index (χ0n) is 20.8. The lowest BCUT2D eigenvalue weighted by Crippen LogP contribution is -2.32. The molecule has 1 fully saturated rings. The molecule has 0 radical (unpaired) electrons. The summed E-state index contributed by atoms with van der Waals surface area (Å²) < 4.78 is 16.6. The third-order valence-electron chi connectivity index (χ3n) is 6.44. The number of fused-ring (bicyclic) bond motifs is 1. The maximum absolute atomic E-state index is 13.3. The van der Waals surface area contributed by atoms with Gasteiger partial charge in [-0.25, -0.2) is 0 Å². The largest absolute Gasteiger partial charge is 0.507 e. The number of methoxy groups -OCH3 is 2. The Morgan fingerprint density at radius 3 is 2.54 bits per heavy atom. The molecule has 0 aromatic heterocycles. The van der Waals surface area contributed by atoms with Crippen molar-refractivity contribution in [2.24, 2.45) is 0 Å². The Bertz CT molecular complexity index is 1170. The van der Waals surface area contributed by atoms with E-state index in [1.807, 2.05) is 32.0 Å². The molecule has 35 heavy (non-hydrogen) atoms. The van der Waals surface area contributed by atoms with Crippen LogP contribution in [0.1, 0.15) is 36.1 Å². The van der Waals surface area contributed by atoms with E-state index in [-0.39, 0.29) is 17.4 Å². The van der Waals surface area contributed by atoms with Gasteiger partial charge in [-0.15, -0.1) is 0 Å². The normalized spacial score (nSPS) is 20.8. The van der Waals surface area contributed by atoms with E-state index in [1.165, 1.54) is 12.0 Å². The van der Waals surface area contributed by atoms with Crippen LogP contribution in [0.4, 0.5) is 0 Å². The Hall–Kier alpha value is -3.52. The Morgan fingerprint density at radius 2 is 1.86 bits per heavy atom. The summed E-state index contributed by atoms with van der Waals surface area (Å²) in [6.45, 7) is 3.11. The molecule has 4 rings (SSSR count). The van der Waals surface area contributed by atoms with Gasteiger partial charge in [-0.1, -0.05) is 6.07 Å². The van der Waals surface area contributed by atoms with Crippen LogP contribution < -0.4 is 14.2 Å². The third-order valence-corrected chi connectivity index (χ3v) is 6.44. The highest BCUT2D eigenvalue weighted by molar-refractivity contribution is 6.46. The first-order valence-corrected chi connectivity index (χ1v) is 11.7. The minimum atomic E-state index is -0.750. The molecule has 8 nitrogen and oxygen atoms in total. The summed E-state index contributed by atoms with van der Waals surface area (Å²) in [5.74, 6) is 0.275. The van der Waals surface area contributed by atoms with E-state index in [0.717, 1.165) is 17.9 Å². The Balaban J connectivity index is 1.81. The molecule has 1 saturated heterocycles. The molecule has 2 aliphatic heterocycles. The minimum Gasteiger partial charge on any atom is -0.507 e. The molecular formula is C27H32N2O6. The number of ketones is 1. The van der Waals surface area contributed by atoms with Crippen LogP contribution in [0.5, 0.6) is 17.2 Å². The van der Waals surface area contributed by atoms with Crippen molar-refractivity contribution in [1.82, 2.24) is 9.80 Å². The number of likely N-dealkylation sites (tertiary alicyclic amines) is 1. The molecule has 0 aliphatic carbocycles. The van der Waals surface area contributed by atoms with E-state index in [4.69, 9.17) is 14.2 Å². The average Bonchev–Trinajstić information content (AvgIpc) is 3.33. The number of hydrogen-bond donors (Lipinski definition) is 1. The fourth-order valence-corrected chi connectivity index (χ4v) is 4.76. The van der Waals surface area contributed by atoms with Gasteiger partial charge in [0.2, 0.25) is 0 Å². The third kappa shape index (κ3) is 4.71. The van der Waals surface area contributed by atoms with Crippen LogP contribution in [0.15, 0.2) is 42.0 Å². The van der Waals surface area contributed by atoms with E-state index in [0.29, 0.717) is 42.0 Å². The molecule has 2 aromatic rings. The number of rotatable bonds is 8. The molecule has 0 bridgehead atoms. The van der Waals surface area contributed by atoms with Crippen LogP contribution in [-0.4, -0.2) is 74.1 Å². The van der Waals surface area contributed by atoms with Crippen molar-refractivity contribution in [3.8, 4) is 17.2 Å². The second-order valence-electron chi connectivity index (χ2n) is 9.22. The molecule has 0 saturated carbocycles. The van der Waals surface area contributed by atoms with Crippen molar-refractivity contribution >= 4 is 17.4 Å². The van der Waals surface area contributed by atoms with E-state index in [1.54, 1.807) is 37.4 Å². The number of benzene rings is 2. The number of nitrogens with zero attached hydrogens (tertiary/aromatic N) is 2. The molecule has 186 valence electrons. The van der Waals surface area contributed by atoms with Crippen molar-refractivity contribution in [3.63, 3.8) is 0 Å². The number of ether oxygens (including phenoxy) is 3. The molecule has 1 N–H and O–H groups in total. The highest BCUT2D eigenvalue weighted by Crippen LogP contribution is 2.42. The number of aliphatic hydroxyl groups is 1. The van der Waals surface area contributed by atoms with Crippen molar-refractivity contribution in [2.75, 3.05) is 41.4 Å². The van der Waals surface area contributed by atoms with Crippen molar-refractivity contribution in [3.05, 3.63) is 58.7 Å². The molecular weight excluding hydrogens is 448 g/mol. The van der Waals surface area contributed by atoms with Crippen molar-refractivity contribution in [1.29, 1.82) is 0 Å². The van der Waals surface area contributed by atoms with Gasteiger partial charge in [-0.2, -0.15) is 0 Å². The standard InChI is InChI=1S/C27H32N2O6/c1-16-13-19-14-18(8-9-20(19)35-16)25(30)23-24(17-7-10-21(33-4)22(15-17)34-5)29(27(32)26(23)31)12-6-11-28(2)3/h7-10,14-16,24,30H,6,11-13H2,1-5H3/t16-,24+/m0/s1. The minimum absolute atomic E-state index is 0.0523. The molecule has 2 heterocycles. The van der Waals surface area contributed by atoms with E-state index in [2.05, 4.69) is 0 Å². The second-order valence-corrected chi connectivity index (χ2v) is 9.22. The number of hydrogen-bond acceptors (Lipinski definition) is 7. The number of carbonyl (C=O) groups is 2. The van der Waals surface area contributed by atoms with Gasteiger partial charge in [0.15, 0.2) is 11.5 Å². The number of Topliss-reactive ketones (excluding diaryl/α,β-unsaturated/α-hetero) is 1. The van der Waals surface area contributed by atoms with Gasteiger partial charge in [-0.3, -0.25) is 9.59 Å². The van der Waals surface area contributed by atoms with Gasteiger partial charge < -0.3 is 29.1 Å². The lowest BCUT2D eigenvalue weighted by molar-refractivity contribution is -0.139. The van der Waals surface area contributed by atoms with Crippen LogP contribution in [0.25, 0.3) is 5.76 Å². The molecule has 2 aliphatic rings. The monoisotopic (exact) mass is 480 g/mol. The van der Waals surface area contributed by atoms with Gasteiger partial charge >= 0.3 is 0 Å². The molecule has 8 heteroatoms. The summed E-state index contributed by atoms with van der Waals surface area (Å²) in [5.41, 5.74) is 2.17. The average molecular weight is 481 g/mol. The van der Waals surface area contributed by atoms with E-state index >= 15 is 0 Å². The van der Waals surface area contributed by atoms with Crippen LogP contribution in [0.3, 0.4) is 0 Å². The molecule has 0 unspecified atom stereocenters. The van der Waals surface area contributed by atoms with E-state index in [9.17, 15) is 14.7 Å². The van der Waals surface area contributed by atoms with Crippen LogP contribution in [0, 0.1) is 0 Å². The smallest absolute Gasteiger partial charge is 0.295 e. The summed E-state index contributed by atoms with van der Waals surface area (Å²) in [6, 6.07) is 9.88. The number of amides is 1. The first-order chi connectivity index (χ1) is 16.7. The summed E-state index contributed by atoms with van der Waals surface area (Å²) in [6.07, 6.45) is 1.45. The Kier molecular flexibility index (Phi) is 7.03. The first kappa shape index (κ1) is 24.6. The van der Waals surface area contributed by atoms with E-state index < -0.39 is 17.7 Å². The van der Waals surface area contributed by atoms with Crippen molar-refractivity contribution < 1.29 is 28.9 Å². The van der Waals surface area contributed by atoms with Gasteiger partial charge in [0.1, 0.15) is 17.6 Å². The Morgan fingerprint density at radius 1 is 1.11 bits per heavy atom. The fourth-order valence-electron chi connectivity index (χ4n) is 4.76. The zero-order valence-corrected chi connectivity index (χ0v) is 20.8. The Labute approximate surface area is 205 Å². The van der Waals surface area contributed by atoms with Gasteiger partial charge in [0, 0.05) is 18.5 Å². The zero-order chi connectivity index (χ0) is 25.3. The van der Waals surface area contributed by atoms with Crippen LogP contribution in [-0.2, 0) is 16.0 Å². The number of aliphatic hydroxyl groups excluding tert-OH is 1. The quantitative estimate of drug-likeness (QED) is 0.352. The highest BCUT2D eigenvalue weighted by Gasteiger charge is 2.46. The fraction of sp³-hybridized carbons (Fsp3) is 0.407. The summed E-state index contributed by atoms with van der Waals surface area (Å²) >= 11 is 0. The van der Waals surface area contributed by atoms with Crippen LogP contribution >= 0.6 is 0 Å². The SMILES string of the molecule is COc1ccc([C@@H]2C(=C(O)c3ccc4c(c3)C[C@H](C)O4)C(=O)C(=O)N2CCCN(C)C)cc1OC. The second kappa shape index (κ2) is 10.00. The molecule has 2 atom stereocenters. The molecule has 0 spiro atoms. The summed E-state index contributed by atoms with van der Waals surface area (Å²) in [4.78, 5) is 30.0. The predicted molar refractivity (Wildman–Crippen MR) is 132 cm³/mol. The topological polar surface area (TPSA) is 88.5 Å². The van der Waals surface area contributed by atoms with Gasteiger partial charge in [0.05, 0.1) is 25.8 Å². The van der Waals surface area contributed by atoms with Crippen molar-refractivity contribution in [2.45, 2.75) is 31.9 Å². The lowest BCUT2D eigenvalue weighted by Gasteiger charge is -2.26. The van der Waals surface area contributed by atoms with Crippen LogP contribution in [0.2, 0.25) is 0 Å². The molecule has 2 aromatic carbocycles. The maximum Gasteiger partial charge on any atom is 0.295 e. The summed E-state index contributed by atoms with van der Waals surface area (Å²) in [7, 11) is 6.99. The van der Waals surface area contributed by atoms with Gasteiger partial charge in [-0.05, 0) is 75.4 Å². The lowest BCUT2D eigenvalue weighted by atomic mass is 9.94. The molecule has 1 amide bonds. The number of carbonyl (C=O) groups excluding carboxylic acids is 2.